The molecule has 0 spiro atoms. The predicted molar refractivity (Wildman–Crippen MR) is 92.2 cm³/mol. The Labute approximate surface area is 141 Å². The van der Waals surface area contributed by atoms with E-state index in [2.05, 4.69) is 17.1 Å². The molecule has 0 aliphatic carbocycles. The number of carbonyl (C=O) groups excluding carboxylic acids is 2. The van der Waals surface area contributed by atoms with Gasteiger partial charge in [-0.05, 0) is 53.1 Å². The first kappa shape index (κ1) is 19.9. The quantitative estimate of drug-likeness (QED) is 0.550. The molecule has 1 saturated heterocycles. The van der Waals surface area contributed by atoms with Crippen LogP contribution in [0.15, 0.2) is 0 Å². The summed E-state index contributed by atoms with van der Waals surface area (Å²) in [4.78, 5) is 26.1. The monoisotopic (exact) mass is 326 g/mol. The zero-order valence-corrected chi connectivity index (χ0v) is 15.3. The summed E-state index contributed by atoms with van der Waals surface area (Å²) in [6.07, 6.45) is 5.60. The minimum absolute atomic E-state index is 0.134. The molecule has 0 saturated carbocycles. The molecule has 1 N–H and O–H groups in total. The van der Waals surface area contributed by atoms with Crippen molar-refractivity contribution in [3.05, 3.63) is 0 Å². The van der Waals surface area contributed by atoms with Gasteiger partial charge < -0.3 is 15.0 Å². The van der Waals surface area contributed by atoms with E-state index < -0.39 is 5.60 Å². The van der Waals surface area contributed by atoms with Gasteiger partial charge in [0.1, 0.15) is 5.60 Å². The Kier molecular flexibility index (Phi) is 8.59. The van der Waals surface area contributed by atoms with E-state index in [9.17, 15) is 9.59 Å². The molecule has 5 nitrogen and oxygen atoms in total. The molecule has 134 valence electrons. The Morgan fingerprint density at radius 3 is 2.39 bits per heavy atom. The predicted octanol–water partition coefficient (Wildman–Crippen LogP) is 2.74. The van der Waals surface area contributed by atoms with Crippen LogP contribution in [0.2, 0.25) is 0 Å². The highest BCUT2D eigenvalue weighted by Gasteiger charge is 2.25. The summed E-state index contributed by atoms with van der Waals surface area (Å²) < 4.78 is 5.32. The lowest BCUT2D eigenvalue weighted by atomic mass is 9.95. The van der Waals surface area contributed by atoms with Crippen LogP contribution in [0.3, 0.4) is 0 Å². The molecule has 0 radical (unpaired) electrons. The molecule has 0 bridgehead atoms. The van der Waals surface area contributed by atoms with Gasteiger partial charge in [0.2, 0.25) is 5.91 Å². The average Bonchev–Trinajstić information content (AvgIpc) is 2.48. The van der Waals surface area contributed by atoms with Gasteiger partial charge in [-0.15, -0.1) is 0 Å². The number of amides is 1. The third kappa shape index (κ3) is 8.94. The first-order chi connectivity index (χ1) is 10.8. The standard InChI is InChI=1S/C18H34N2O3/c1-5-6-7-11-19-17(22)15-8-12-20(13-9-15)14-10-16(21)23-18(2,3)4/h15H,5-14H2,1-4H3,(H,19,22). The molecule has 1 heterocycles. The Hall–Kier alpha value is -1.10. The molecule has 1 aliphatic heterocycles. The number of ether oxygens (including phenoxy) is 1. The van der Waals surface area contributed by atoms with Crippen LogP contribution in [0, 0.1) is 5.92 Å². The smallest absolute Gasteiger partial charge is 0.307 e. The van der Waals surface area contributed by atoms with Gasteiger partial charge >= 0.3 is 5.97 Å². The number of hydrogen-bond acceptors (Lipinski definition) is 4. The lowest BCUT2D eigenvalue weighted by Crippen LogP contribution is -2.41. The second-order valence-corrected chi connectivity index (χ2v) is 7.45. The largest absolute Gasteiger partial charge is 0.460 e. The van der Waals surface area contributed by atoms with Gasteiger partial charge in [-0.3, -0.25) is 9.59 Å². The SMILES string of the molecule is CCCCCNC(=O)C1CCN(CCC(=O)OC(C)(C)C)CC1. The van der Waals surface area contributed by atoms with Crippen molar-refractivity contribution >= 4 is 11.9 Å². The molecule has 0 aromatic heterocycles. The van der Waals surface area contributed by atoms with Gasteiger partial charge in [-0.1, -0.05) is 19.8 Å². The fraction of sp³-hybridized carbons (Fsp3) is 0.889. The maximum atomic E-state index is 12.1. The number of unbranched alkanes of at least 4 members (excludes halogenated alkanes) is 2. The van der Waals surface area contributed by atoms with Gasteiger partial charge in [-0.2, -0.15) is 0 Å². The van der Waals surface area contributed by atoms with E-state index in [1.54, 1.807) is 0 Å². The lowest BCUT2D eigenvalue weighted by Gasteiger charge is -2.31. The Bertz CT molecular complexity index is 369. The lowest BCUT2D eigenvalue weighted by molar-refractivity contribution is -0.155. The van der Waals surface area contributed by atoms with Crippen molar-refractivity contribution in [2.75, 3.05) is 26.2 Å². The number of piperidine rings is 1. The van der Waals surface area contributed by atoms with Gasteiger partial charge in [0.15, 0.2) is 0 Å². The second kappa shape index (κ2) is 9.91. The third-order valence-corrected chi connectivity index (χ3v) is 4.09. The minimum Gasteiger partial charge on any atom is -0.460 e. The van der Waals surface area contributed by atoms with E-state index in [0.29, 0.717) is 6.42 Å². The fourth-order valence-electron chi connectivity index (χ4n) is 2.79. The molecule has 5 heteroatoms. The molecule has 0 atom stereocenters. The van der Waals surface area contributed by atoms with Crippen LogP contribution >= 0.6 is 0 Å². The zero-order chi connectivity index (χ0) is 17.3. The molecule has 0 aromatic rings. The number of esters is 1. The van der Waals surface area contributed by atoms with Crippen molar-refractivity contribution in [2.45, 2.75) is 71.8 Å². The number of hydrogen-bond donors (Lipinski definition) is 1. The van der Waals surface area contributed by atoms with Gasteiger partial charge in [0, 0.05) is 19.0 Å². The first-order valence-corrected chi connectivity index (χ1v) is 9.03. The van der Waals surface area contributed by atoms with Crippen LogP contribution in [0.25, 0.3) is 0 Å². The highest BCUT2D eigenvalue weighted by Crippen LogP contribution is 2.18. The van der Waals surface area contributed by atoms with Crippen molar-refractivity contribution in [3.63, 3.8) is 0 Å². The summed E-state index contributed by atoms with van der Waals surface area (Å²) in [5.74, 6) is 0.190. The molecule has 0 unspecified atom stereocenters. The second-order valence-electron chi connectivity index (χ2n) is 7.45. The molecule has 1 aliphatic rings. The summed E-state index contributed by atoms with van der Waals surface area (Å²) in [5.41, 5.74) is -0.417. The van der Waals surface area contributed by atoms with Gasteiger partial charge in [0.05, 0.1) is 6.42 Å². The van der Waals surface area contributed by atoms with Crippen LogP contribution in [-0.4, -0.2) is 48.6 Å². The molecule has 0 aromatic carbocycles. The number of nitrogens with zero attached hydrogens (tertiary/aromatic N) is 1. The van der Waals surface area contributed by atoms with Gasteiger partial charge in [-0.25, -0.2) is 0 Å². The molecular weight excluding hydrogens is 292 g/mol. The number of likely N-dealkylation sites (tertiary alicyclic amines) is 1. The normalized spacial score (nSPS) is 17.0. The van der Waals surface area contributed by atoms with E-state index in [0.717, 1.165) is 45.4 Å². The van der Waals surface area contributed by atoms with E-state index in [4.69, 9.17) is 4.74 Å². The number of carbonyl (C=O) groups is 2. The summed E-state index contributed by atoms with van der Waals surface area (Å²) in [6.45, 7) is 11.1. The molecule has 1 rings (SSSR count). The van der Waals surface area contributed by atoms with Gasteiger partial charge in [0.25, 0.3) is 0 Å². The van der Waals surface area contributed by atoms with Crippen LogP contribution in [-0.2, 0) is 14.3 Å². The Balaban J connectivity index is 2.17. The van der Waals surface area contributed by atoms with Crippen molar-refractivity contribution in [3.8, 4) is 0 Å². The maximum absolute atomic E-state index is 12.1. The van der Waals surface area contributed by atoms with Crippen LogP contribution in [0.1, 0.15) is 66.2 Å². The number of rotatable bonds is 8. The highest BCUT2D eigenvalue weighted by molar-refractivity contribution is 5.78. The van der Waals surface area contributed by atoms with E-state index in [1.807, 2.05) is 20.8 Å². The summed E-state index contributed by atoms with van der Waals surface area (Å²) in [6, 6.07) is 0. The first-order valence-electron chi connectivity index (χ1n) is 9.03. The molecular formula is C18H34N2O3. The van der Waals surface area contributed by atoms with Crippen LogP contribution in [0.5, 0.6) is 0 Å². The average molecular weight is 326 g/mol. The van der Waals surface area contributed by atoms with Crippen LogP contribution in [0.4, 0.5) is 0 Å². The Morgan fingerprint density at radius 1 is 1.17 bits per heavy atom. The topological polar surface area (TPSA) is 58.6 Å². The van der Waals surface area contributed by atoms with Crippen molar-refractivity contribution in [1.82, 2.24) is 10.2 Å². The maximum Gasteiger partial charge on any atom is 0.307 e. The summed E-state index contributed by atoms with van der Waals surface area (Å²) in [5, 5.41) is 3.05. The molecule has 1 fully saturated rings. The zero-order valence-electron chi connectivity index (χ0n) is 15.3. The highest BCUT2D eigenvalue weighted by atomic mass is 16.6. The van der Waals surface area contributed by atoms with E-state index >= 15 is 0 Å². The molecule has 1 amide bonds. The van der Waals surface area contributed by atoms with E-state index in [-0.39, 0.29) is 17.8 Å². The van der Waals surface area contributed by atoms with E-state index in [1.165, 1.54) is 12.8 Å². The van der Waals surface area contributed by atoms with Crippen LogP contribution < -0.4 is 5.32 Å². The molecule has 23 heavy (non-hydrogen) atoms. The van der Waals surface area contributed by atoms with Crippen molar-refractivity contribution in [1.29, 1.82) is 0 Å². The fourth-order valence-corrected chi connectivity index (χ4v) is 2.79. The summed E-state index contributed by atoms with van der Waals surface area (Å²) >= 11 is 0. The third-order valence-electron chi connectivity index (χ3n) is 4.09. The summed E-state index contributed by atoms with van der Waals surface area (Å²) in [7, 11) is 0. The van der Waals surface area contributed by atoms with Crippen molar-refractivity contribution < 1.29 is 14.3 Å². The minimum atomic E-state index is -0.417. The Morgan fingerprint density at radius 2 is 1.83 bits per heavy atom. The van der Waals surface area contributed by atoms with Crippen molar-refractivity contribution in [2.24, 2.45) is 5.92 Å². The number of nitrogens with one attached hydrogen (secondary N) is 1.